The Morgan fingerprint density at radius 1 is 1.50 bits per heavy atom. The molecule has 1 aliphatic rings. The van der Waals surface area contributed by atoms with Gasteiger partial charge in [0, 0.05) is 19.6 Å². The van der Waals surface area contributed by atoms with Crippen molar-refractivity contribution in [3.05, 3.63) is 0 Å². The van der Waals surface area contributed by atoms with E-state index >= 15 is 0 Å². The topological polar surface area (TPSA) is 61.8 Å². The van der Waals surface area contributed by atoms with E-state index in [9.17, 15) is 9.90 Å². The summed E-state index contributed by atoms with van der Waals surface area (Å²) < 4.78 is 5.77. The summed E-state index contributed by atoms with van der Waals surface area (Å²) in [6.45, 7) is 10.1. The SMILES string of the molecule is CCCCCNC(=O)C(C)N1CC(CO)OC(C)(C)C1. The summed E-state index contributed by atoms with van der Waals surface area (Å²) in [7, 11) is 0. The van der Waals surface area contributed by atoms with Gasteiger partial charge in [0.2, 0.25) is 5.91 Å². The average molecular weight is 286 g/mol. The molecule has 20 heavy (non-hydrogen) atoms. The van der Waals surface area contributed by atoms with Crippen LogP contribution in [-0.4, -0.2) is 59.9 Å². The van der Waals surface area contributed by atoms with Crippen molar-refractivity contribution in [2.75, 3.05) is 26.2 Å². The van der Waals surface area contributed by atoms with Gasteiger partial charge in [-0.25, -0.2) is 0 Å². The summed E-state index contributed by atoms with van der Waals surface area (Å²) >= 11 is 0. The van der Waals surface area contributed by atoms with Gasteiger partial charge in [-0.05, 0) is 27.2 Å². The Morgan fingerprint density at radius 3 is 2.80 bits per heavy atom. The van der Waals surface area contributed by atoms with E-state index in [2.05, 4.69) is 17.1 Å². The van der Waals surface area contributed by atoms with E-state index in [-0.39, 0.29) is 30.3 Å². The molecule has 5 heteroatoms. The third kappa shape index (κ3) is 5.38. The van der Waals surface area contributed by atoms with Gasteiger partial charge in [0.05, 0.1) is 24.4 Å². The zero-order valence-electron chi connectivity index (χ0n) is 13.3. The van der Waals surface area contributed by atoms with Gasteiger partial charge >= 0.3 is 0 Å². The van der Waals surface area contributed by atoms with E-state index < -0.39 is 0 Å². The van der Waals surface area contributed by atoms with Crippen molar-refractivity contribution < 1.29 is 14.6 Å². The first-order valence-corrected chi connectivity index (χ1v) is 7.70. The van der Waals surface area contributed by atoms with Crippen LogP contribution in [0.3, 0.4) is 0 Å². The number of aliphatic hydroxyl groups is 1. The van der Waals surface area contributed by atoms with Crippen molar-refractivity contribution >= 4 is 5.91 Å². The van der Waals surface area contributed by atoms with Gasteiger partial charge in [0.15, 0.2) is 0 Å². The summed E-state index contributed by atoms with van der Waals surface area (Å²) in [5.41, 5.74) is -0.331. The Bertz CT molecular complexity index is 307. The maximum absolute atomic E-state index is 12.2. The van der Waals surface area contributed by atoms with Gasteiger partial charge in [-0.15, -0.1) is 0 Å². The fourth-order valence-corrected chi connectivity index (χ4v) is 2.63. The Morgan fingerprint density at radius 2 is 2.20 bits per heavy atom. The number of rotatable bonds is 7. The molecule has 1 fully saturated rings. The fourth-order valence-electron chi connectivity index (χ4n) is 2.63. The Kier molecular flexibility index (Phi) is 6.92. The van der Waals surface area contributed by atoms with Crippen molar-refractivity contribution in [2.45, 2.75) is 64.7 Å². The lowest BCUT2D eigenvalue weighted by Gasteiger charge is -2.44. The van der Waals surface area contributed by atoms with Crippen LogP contribution in [0.25, 0.3) is 0 Å². The van der Waals surface area contributed by atoms with Crippen molar-refractivity contribution in [3.8, 4) is 0 Å². The molecule has 1 heterocycles. The van der Waals surface area contributed by atoms with Crippen LogP contribution in [0.2, 0.25) is 0 Å². The van der Waals surface area contributed by atoms with E-state index in [4.69, 9.17) is 4.74 Å². The number of hydrogen-bond donors (Lipinski definition) is 2. The first-order chi connectivity index (χ1) is 9.39. The van der Waals surface area contributed by atoms with E-state index in [0.29, 0.717) is 13.1 Å². The molecule has 2 atom stereocenters. The summed E-state index contributed by atoms with van der Waals surface area (Å²) in [4.78, 5) is 14.3. The molecule has 1 aliphatic heterocycles. The second-order valence-corrected chi connectivity index (χ2v) is 6.29. The molecule has 0 aromatic carbocycles. The predicted octanol–water partition coefficient (Wildman–Crippen LogP) is 1.15. The molecule has 5 nitrogen and oxygen atoms in total. The Balaban J connectivity index is 2.48. The first kappa shape index (κ1) is 17.4. The number of morpholine rings is 1. The highest BCUT2D eigenvalue weighted by atomic mass is 16.5. The number of amides is 1. The van der Waals surface area contributed by atoms with Crippen LogP contribution in [0.4, 0.5) is 0 Å². The molecule has 1 amide bonds. The van der Waals surface area contributed by atoms with Crippen LogP contribution in [0.1, 0.15) is 47.0 Å². The van der Waals surface area contributed by atoms with Crippen LogP contribution in [0.15, 0.2) is 0 Å². The summed E-state index contributed by atoms with van der Waals surface area (Å²) in [6.07, 6.45) is 3.12. The molecular formula is C15H30N2O3. The summed E-state index contributed by atoms with van der Waals surface area (Å²) in [5.74, 6) is 0.0653. The van der Waals surface area contributed by atoms with Gasteiger partial charge in [-0.2, -0.15) is 0 Å². The van der Waals surface area contributed by atoms with Crippen molar-refractivity contribution in [3.63, 3.8) is 0 Å². The number of nitrogens with one attached hydrogen (secondary N) is 1. The molecular weight excluding hydrogens is 256 g/mol. The molecule has 0 bridgehead atoms. The van der Waals surface area contributed by atoms with Crippen LogP contribution in [0, 0.1) is 0 Å². The van der Waals surface area contributed by atoms with Gasteiger partial charge in [0.1, 0.15) is 0 Å². The van der Waals surface area contributed by atoms with Crippen molar-refractivity contribution in [1.82, 2.24) is 10.2 Å². The van der Waals surface area contributed by atoms with Crippen LogP contribution in [-0.2, 0) is 9.53 Å². The van der Waals surface area contributed by atoms with Gasteiger partial charge in [0.25, 0.3) is 0 Å². The van der Waals surface area contributed by atoms with E-state index in [1.165, 1.54) is 0 Å². The zero-order valence-corrected chi connectivity index (χ0v) is 13.3. The number of unbranched alkanes of at least 4 members (excludes halogenated alkanes) is 2. The molecule has 0 saturated carbocycles. The molecule has 0 radical (unpaired) electrons. The lowest BCUT2D eigenvalue weighted by Crippen LogP contribution is -2.59. The van der Waals surface area contributed by atoms with Crippen molar-refractivity contribution in [1.29, 1.82) is 0 Å². The molecule has 2 unspecified atom stereocenters. The van der Waals surface area contributed by atoms with Crippen molar-refractivity contribution in [2.24, 2.45) is 0 Å². The monoisotopic (exact) mass is 286 g/mol. The number of aliphatic hydroxyl groups excluding tert-OH is 1. The molecule has 1 saturated heterocycles. The minimum Gasteiger partial charge on any atom is -0.394 e. The molecule has 0 spiro atoms. The smallest absolute Gasteiger partial charge is 0.237 e. The second kappa shape index (κ2) is 7.96. The highest BCUT2D eigenvalue weighted by molar-refractivity contribution is 5.81. The molecule has 0 aromatic rings. The highest BCUT2D eigenvalue weighted by Crippen LogP contribution is 2.22. The normalized spacial score (nSPS) is 24.4. The lowest BCUT2D eigenvalue weighted by molar-refractivity contribution is -0.161. The third-order valence-corrected chi connectivity index (χ3v) is 3.72. The maximum atomic E-state index is 12.2. The first-order valence-electron chi connectivity index (χ1n) is 7.70. The standard InChI is InChI=1S/C15H30N2O3/c1-5-6-7-8-16-14(19)12(2)17-9-13(10-18)20-15(3,4)11-17/h12-13,18H,5-11H2,1-4H3,(H,16,19). The largest absolute Gasteiger partial charge is 0.394 e. The number of hydrogen-bond acceptors (Lipinski definition) is 4. The van der Waals surface area contributed by atoms with Crippen LogP contribution in [0.5, 0.6) is 0 Å². The highest BCUT2D eigenvalue weighted by Gasteiger charge is 2.36. The number of ether oxygens (including phenoxy) is 1. The quantitative estimate of drug-likeness (QED) is 0.689. The Labute approximate surface area is 122 Å². The number of nitrogens with zero attached hydrogens (tertiary/aromatic N) is 1. The molecule has 118 valence electrons. The minimum absolute atomic E-state index is 0.00916. The third-order valence-electron chi connectivity index (χ3n) is 3.72. The van der Waals surface area contributed by atoms with E-state index in [1.54, 1.807) is 0 Å². The molecule has 2 N–H and O–H groups in total. The van der Waals surface area contributed by atoms with Gasteiger partial charge < -0.3 is 15.2 Å². The maximum Gasteiger partial charge on any atom is 0.237 e. The minimum atomic E-state index is -0.331. The van der Waals surface area contributed by atoms with Crippen LogP contribution < -0.4 is 5.32 Å². The zero-order chi connectivity index (χ0) is 15.2. The lowest BCUT2D eigenvalue weighted by atomic mass is 10.0. The van der Waals surface area contributed by atoms with Gasteiger partial charge in [-0.1, -0.05) is 19.8 Å². The molecule has 1 rings (SSSR count). The predicted molar refractivity (Wildman–Crippen MR) is 79.6 cm³/mol. The molecule has 0 aliphatic carbocycles. The fraction of sp³-hybridized carbons (Fsp3) is 0.933. The summed E-state index contributed by atoms with van der Waals surface area (Å²) in [5, 5.41) is 12.3. The number of carbonyl (C=O) groups is 1. The van der Waals surface area contributed by atoms with Gasteiger partial charge in [-0.3, -0.25) is 9.69 Å². The average Bonchev–Trinajstić information content (AvgIpc) is 2.40. The second-order valence-electron chi connectivity index (χ2n) is 6.29. The van der Waals surface area contributed by atoms with E-state index in [0.717, 1.165) is 25.8 Å². The van der Waals surface area contributed by atoms with E-state index in [1.807, 2.05) is 20.8 Å². The Hall–Kier alpha value is -0.650. The van der Waals surface area contributed by atoms with Crippen LogP contribution >= 0.6 is 0 Å². The molecule has 0 aromatic heterocycles. The number of carbonyl (C=O) groups excluding carboxylic acids is 1. The summed E-state index contributed by atoms with van der Waals surface area (Å²) in [6, 6.07) is -0.186.